The summed E-state index contributed by atoms with van der Waals surface area (Å²) in [6.07, 6.45) is 12.9. The first-order chi connectivity index (χ1) is 23.9. The average molecular weight is 775 g/mol. The monoisotopic (exact) mass is 774 g/mol. The van der Waals surface area contributed by atoms with Crippen LogP contribution in [0.3, 0.4) is 0 Å². The minimum atomic E-state index is 0.0992. The van der Waals surface area contributed by atoms with Crippen molar-refractivity contribution < 1.29 is 0 Å². The second-order valence-electron chi connectivity index (χ2n) is 15.7. The molecule has 0 radical (unpaired) electrons. The van der Waals surface area contributed by atoms with Crippen LogP contribution in [-0.2, 0) is 23.7 Å². The maximum atomic E-state index is 2.52. The molecule has 0 amide bonds. The van der Waals surface area contributed by atoms with Crippen LogP contribution < -0.4 is 0 Å². The largest absolute Gasteiger partial charge is 0.140 e. The van der Waals surface area contributed by atoms with E-state index in [0.29, 0.717) is 0 Å². The van der Waals surface area contributed by atoms with Crippen molar-refractivity contribution in [3.05, 3.63) is 80.2 Å². The van der Waals surface area contributed by atoms with Crippen molar-refractivity contribution >= 4 is 68.0 Å². The minimum Gasteiger partial charge on any atom is -0.140 e. The van der Waals surface area contributed by atoms with Gasteiger partial charge in [-0.15, -0.1) is 68.0 Å². The van der Waals surface area contributed by atoms with Crippen LogP contribution in [0.5, 0.6) is 0 Å². The lowest BCUT2D eigenvalue weighted by Crippen LogP contribution is -2.07. The van der Waals surface area contributed by atoms with E-state index in [-0.39, 0.29) is 10.8 Å². The fraction of sp³-hybridized carbons (Fsp3) is 0.455. The van der Waals surface area contributed by atoms with E-state index in [4.69, 9.17) is 0 Å². The summed E-state index contributed by atoms with van der Waals surface area (Å²) in [6, 6.07) is 24.0. The van der Waals surface area contributed by atoms with Crippen molar-refractivity contribution in [3.63, 3.8) is 0 Å². The minimum absolute atomic E-state index is 0.0992. The third-order valence-corrected chi connectivity index (χ3v) is 17.5. The number of hydrogen-bond acceptors (Lipinski definition) is 6. The highest BCUT2D eigenvalue weighted by Gasteiger charge is 2.26. The molecular weight excluding hydrogens is 721 g/mol. The number of rotatable bonds is 15. The molecule has 6 heterocycles. The summed E-state index contributed by atoms with van der Waals surface area (Å²) in [4.78, 5) is 17.2. The maximum Gasteiger partial charge on any atom is 0.0542 e. The van der Waals surface area contributed by atoms with Gasteiger partial charge < -0.3 is 0 Å². The van der Waals surface area contributed by atoms with E-state index in [2.05, 4.69) is 116 Å². The Balaban J connectivity index is 1.42. The summed E-state index contributed by atoms with van der Waals surface area (Å²) < 4.78 is 0. The lowest BCUT2D eigenvalue weighted by molar-refractivity contribution is 0.603. The SMILES string of the molecule is CCCCCCc1ccc(-c2cc(-c3ccc(-c4ccc(C(C)(C)C)s4)s3)sc2-c2sc(C(C)(C)C)cc2-c2ccc(CCCCCC)s2)s1. The first-order valence-electron chi connectivity index (χ1n) is 18.6. The molecule has 6 aromatic rings. The second-order valence-corrected chi connectivity index (χ2v) is 22.3. The summed E-state index contributed by atoms with van der Waals surface area (Å²) in [5.74, 6) is 0. The van der Waals surface area contributed by atoms with Gasteiger partial charge >= 0.3 is 0 Å². The summed E-state index contributed by atoms with van der Waals surface area (Å²) in [5, 5.41) is 0. The van der Waals surface area contributed by atoms with Crippen LogP contribution in [0.2, 0.25) is 0 Å². The van der Waals surface area contributed by atoms with Crippen molar-refractivity contribution in [2.24, 2.45) is 0 Å². The molecule has 0 atom stereocenters. The van der Waals surface area contributed by atoms with Crippen molar-refractivity contribution in [1.29, 1.82) is 0 Å². The number of aryl methyl sites for hydroxylation is 2. The summed E-state index contributed by atoms with van der Waals surface area (Å²) in [6.45, 7) is 18.6. The summed E-state index contributed by atoms with van der Waals surface area (Å²) >= 11 is 12.0. The molecule has 50 heavy (non-hydrogen) atoms. The van der Waals surface area contributed by atoms with Crippen molar-refractivity contribution in [1.82, 2.24) is 0 Å². The van der Waals surface area contributed by atoms with E-state index in [1.807, 2.05) is 68.0 Å². The van der Waals surface area contributed by atoms with Gasteiger partial charge in [0, 0.05) is 59.9 Å². The van der Waals surface area contributed by atoms with Gasteiger partial charge in [-0.25, -0.2) is 0 Å². The fourth-order valence-electron chi connectivity index (χ4n) is 6.22. The van der Waals surface area contributed by atoms with Crippen molar-refractivity contribution in [2.45, 2.75) is 130 Å². The first kappa shape index (κ1) is 37.9. The maximum absolute atomic E-state index is 2.52. The van der Waals surface area contributed by atoms with Crippen LogP contribution >= 0.6 is 68.0 Å². The second kappa shape index (κ2) is 16.5. The van der Waals surface area contributed by atoms with Crippen molar-refractivity contribution in [3.8, 4) is 50.1 Å². The molecule has 0 N–H and O–H groups in total. The van der Waals surface area contributed by atoms with Gasteiger partial charge in [0.05, 0.1) is 9.75 Å². The van der Waals surface area contributed by atoms with Gasteiger partial charge in [-0.1, -0.05) is 93.9 Å². The lowest BCUT2D eigenvalue weighted by Gasteiger charge is -2.15. The Morgan fingerprint density at radius 2 is 0.880 bits per heavy atom. The fourth-order valence-corrected chi connectivity index (χ4v) is 13.3. The Morgan fingerprint density at radius 3 is 1.42 bits per heavy atom. The predicted molar refractivity (Wildman–Crippen MR) is 234 cm³/mol. The Bertz CT molecular complexity index is 1960. The Labute approximate surface area is 326 Å². The molecule has 0 nitrogen and oxygen atoms in total. The Kier molecular flexibility index (Phi) is 12.5. The van der Waals surface area contributed by atoms with E-state index in [0.717, 1.165) is 0 Å². The number of hydrogen-bond donors (Lipinski definition) is 0. The van der Waals surface area contributed by atoms with E-state index in [1.54, 1.807) is 0 Å². The van der Waals surface area contributed by atoms with Crippen molar-refractivity contribution in [2.75, 3.05) is 0 Å². The van der Waals surface area contributed by atoms with Crippen LogP contribution in [0.25, 0.3) is 50.1 Å². The van der Waals surface area contributed by atoms with Gasteiger partial charge in [0.25, 0.3) is 0 Å². The molecule has 0 saturated heterocycles. The average Bonchev–Trinajstić information content (AvgIpc) is 3.90. The van der Waals surface area contributed by atoms with E-state index in [1.165, 1.54) is 134 Å². The molecule has 0 aromatic carbocycles. The van der Waals surface area contributed by atoms with Crippen LogP contribution in [0.1, 0.15) is 126 Å². The molecule has 0 aliphatic rings. The van der Waals surface area contributed by atoms with Gasteiger partial charge in [0.15, 0.2) is 0 Å². The van der Waals surface area contributed by atoms with Crippen LogP contribution in [0, 0.1) is 0 Å². The van der Waals surface area contributed by atoms with E-state index in [9.17, 15) is 0 Å². The van der Waals surface area contributed by atoms with Gasteiger partial charge in [0.2, 0.25) is 0 Å². The van der Waals surface area contributed by atoms with Gasteiger partial charge in [-0.05, 0) is 97.2 Å². The zero-order valence-corrected chi connectivity index (χ0v) is 36.2. The van der Waals surface area contributed by atoms with Gasteiger partial charge in [-0.2, -0.15) is 0 Å². The smallest absolute Gasteiger partial charge is 0.0542 e. The third kappa shape index (κ3) is 9.04. The molecule has 266 valence electrons. The lowest BCUT2D eigenvalue weighted by atomic mass is 9.94. The van der Waals surface area contributed by atoms with Crippen LogP contribution in [0.4, 0.5) is 0 Å². The third-order valence-electron chi connectivity index (χ3n) is 9.25. The summed E-state index contributed by atoms with van der Waals surface area (Å²) in [5.41, 5.74) is 3.12. The Hall–Kier alpha value is -1.80. The molecule has 0 unspecified atom stereocenters. The van der Waals surface area contributed by atoms with Crippen LogP contribution in [0.15, 0.2) is 60.7 Å². The molecular formula is C44H54S6. The highest BCUT2D eigenvalue weighted by Crippen LogP contribution is 2.54. The number of unbranched alkanes of at least 4 members (excludes halogenated alkanes) is 6. The molecule has 6 heteroatoms. The van der Waals surface area contributed by atoms with Gasteiger partial charge in [0.1, 0.15) is 0 Å². The summed E-state index contributed by atoms with van der Waals surface area (Å²) in [7, 11) is 0. The topological polar surface area (TPSA) is 0 Å². The first-order valence-corrected chi connectivity index (χ1v) is 23.5. The molecule has 6 aromatic heterocycles. The quantitative estimate of drug-likeness (QED) is 0.0912. The van der Waals surface area contributed by atoms with E-state index < -0.39 is 0 Å². The highest BCUT2D eigenvalue weighted by atomic mass is 32.1. The molecule has 0 spiro atoms. The highest BCUT2D eigenvalue weighted by molar-refractivity contribution is 7.29. The predicted octanol–water partition coefficient (Wildman–Crippen LogP) is 17.2. The molecule has 0 bridgehead atoms. The standard InChI is InChI=1S/C44H54S6/c1-9-11-13-15-17-29-19-21-33(45-29)31-27-38(37-24-23-35(47-37)36-25-26-39(48-36)43(3,4)5)49-41(31)42-32(28-40(50-42)44(6,7)8)34-22-20-30(46-34)18-16-14-12-10-2/h19-28H,9-18H2,1-8H3. The molecule has 0 aliphatic carbocycles. The van der Waals surface area contributed by atoms with Gasteiger partial charge in [-0.3, -0.25) is 0 Å². The van der Waals surface area contributed by atoms with E-state index >= 15 is 0 Å². The molecule has 0 fully saturated rings. The molecule has 0 saturated carbocycles. The zero-order chi connectivity index (χ0) is 35.5. The normalized spacial score (nSPS) is 12.4. The zero-order valence-electron chi connectivity index (χ0n) is 31.3. The molecule has 0 aliphatic heterocycles. The Morgan fingerprint density at radius 1 is 0.400 bits per heavy atom. The number of thiophene rings is 6. The molecule has 6 rings (SSSR count). The van der Waals surface area contributed by atoms with Crippen LogP contribution in [-0.4, -0.2) is 0 Å².